The molecular formula is C12HF17O3. The van der Waals surface area contributed by atoms with Crippen molar-refractivity contribution in [3.63, 3.8) is 0 Å². The van der Waals surface area contributed by atoms with Crippen LogP contribution in [0.15, 0.2) is 9.59 Å². The Hall–Kier alpha value is -2.31. The summed E-state index contributed by atoms with van der Waals surface area (Å²) in [6.45, 7) is 0. The van der Waals surface area contributed by atoms with Gasteiger partial charge in [0.2, 0.25) is 5.43 Å². The van der Waals surface area contributed by atoms with Gasteiger partial charge in [-0.1, -0.05) is 0 Å². The standard InChI is InChI=1S/C12HF17O3/c13-5(14,1-2(30)4(32)3(1)31)6(15,16)7(17,18)8(19,20)9(21,22)10(23,24)11(25,26)12(27,28)29/h30H. The predicted octanol–water partition coefficient (Wildman–Crippen LogP) is 4.45. The first-order valence-corrected chi connectivity index (χ1v) is 6.84. The average molecular weight is 516 g/mol. The van der Waals surface area contributed by atoms with E-state index in [1.165, 1.54) is 0 Å². The SMILES string of the molecule is O=c1c(O)c(C(F)(F)C(F)(F)C(F)(F)C(F)(F)C(F)(F)C(F)(F)C(F)(F)C(F)(F)F)c1=O. The summed E-state index contributed by atoms with van der Waals surface area (Å²) in [5.41, 5.74) is -8.82. The number of rotatable bonds is 7. The Bertz CT molecular complexity index is 963. The van der Waals surface area contributed by atoms with Gasteiger partial charge < -0.3 is 5.11 Å². The zero-order chi connectivity index (χ0) is 26.3. The van der Waals surface area contributed by atoms with Crippen LogP contribution in [0.2, 0.25) is 0 Å². The molecule has 0 saturated carbocycles. The van der Waals surface area contributed by atoms with Crippen LogP contribution in [0.1, 0.15) is 5.56 Å². The Balaban J connectivity index is 3.77. The maximum absolute atomic E-state index is 13.5. The Morgan fingerprint density at radius 1 is 0.438 bits per heavy atom. The van der Waals surface area contributed by atoms with Gasteiger partial charge in [-0.15, -0.1) is 0 Å². The Morgan fingerprint density at radius 2 is 0.719 bits per heavy atom. The van der Waals surface area contributed by atoms with Crippen molar-refractivity contribution in [3.05, 3.63) is 26.0 Å². The Labute approximate surface area is 160 Å². The molecule has 1 aromatic rings. The topological polar surface area (TPSA) is 54.4 Å². The summed E-state index contributed by atoms with van der Waals surface area (Å²) in [6, 6.07) is 0. The van der Waals surface area contributed by atoms with Crippen molar-refractivity contribution in [3.8, 4) is 5.75 Å². The zero-order valence-electron chi connectivity index (χ0n) is 13.7. The molecule has 0 spiro atoms. The lowest BCUT2D eigenvalue weighted by molar-refractivity contribution is -0.462. The van der Waals surface area contributed by atoms with Crippen molar-refractivity contribution in [2.75, 3.05) is 0 Å². The van der Waals surface area contributed by atoms with Crippen LogP contribution in [-0.4, -0.2) is 46.8 Å². The highest BCUT2D eigenvalue weighted by Crippen LogP contribution is 2.65. The number of halogens is 17. The third-order valence-electron chi connectivity index (χ3n) is 3.92. The second kappa shape index (κ2) is 6.61. The summed E-state index contributed by atoms with van der Waals surface area (Å²) in [6.07, 6.45) is -7.87. The fourth-order valence-electron chi connectivity index (χ4n) is 1.99. The molecule has 0 radical (unpaired) electrons. The summed E-state index contributed by atoms with van der Waals surface area (Å²) in [5.74, 6) is -61.3. The van der Waals surface area contributed by atoms with Gasteiger partial charge in [0.25, 0.3) is 5.43 Å². The number of alkyl halides is 17. The second-order valence-electron chi connectivity index (χ2n) is 5.90. The summed E-state index contributed by atoms with van der Waals surface area (Å²) < 4.78 is 221. The lowest BCUT2D eigenvalue weighted by Gasteiger charge is -2.42. The third kappa shape index (κ3) is 2.88. The largest absolute Gasteiger partial charge is 0.504 e. The molecule has 0 bridgehead atoms. The maximum atomic E-state index is 13.5. The van der Waals surface area contributed by atoms with E-state index in [9.17, 15) is 84.2 Å². The van der Waals surface area contributed by atoms with Crippen molar-refractivity contribution in [1.82, 2.24) is 0 Å². The number of hydrogen-bond acceptors (Lipinski definition) is 3. The molecule has 0 aliphatic rings. The second-order valence-corrected chi connectivity index (χ2v) is 5.90. The summed E-state index contributed by atoms with van der Waals surface area (Å²) in [4.78, 5) is 21.2. The lowest BCUT2D eigenvalue weighted by atomic mass is 9.86. The zero-order valence-corrected chi connectivity index (χ0v) is 13.7. The van der Waals surface area contributed by atoms with Crippen molar-refractivity contribution in [1.29, 1.82) is 0 Å². The quantitative estimate of drug-likeness (QED) is 0.431. The minimum absolute atomic E-state index is 2.49. The van der Waals surface area contributed by atoms with E-state index in [2.05, 4.69) is 0 Å². The van der Waals surface area contributed by atoms with Crippen LogP contribution in [0.3, 0.4) is 0 Å². The van der Waals surface area contributed by atoms with Gasteiger partial charge in [-0.2, -0.15) is 74.6 Å². The molecule has 186 valence electrons. The van der Waals surface area contributed by atoms with Gasteiger partial charge >= 0.3 is 47.6 Å². The van der Waals surface area contributed by atoms with E-state index >= 15 is 0 Å². The van der Waals surface area contributed by atoms with Gasteiger partial charge in [0.15, 0.2) is 5.75 Å². The van der Waals surface area contributed by atoms with E-state index in [1.54, 1.807) is 0 Å². The van der Waals surface area contributed by atoms with Crippen molar-refractivity contribution >= 4 is 0 Å². The van der Waals surface area contributed by atoms with Gasteiger partial charge in [-0.05, 0) is 0 Å². The molecule has 0 aliphatic heterocycles. The molecule has 32 heavy (non-hydrogen) atoms. The van der Waals surface area contributed by atoms with Gasteiger partial charge in [0, 0.05) is 0 Å². The minimum Gasteiger partial charge on any atom is -0.504 e. The highest BCUT2D eigenvalue weighted by molar-refractivity contribution is 5.43. The molecule has 0 aliphatic carbocycles. The van der Waals surface area contributed by atoms with Crippen LogP contribution in [-0.2, 0) is 5.92 Å². The van der Waals surface area contributed by atoms with Gasteiger partial charge in [-0.3, -0.25) is 9.59 Å². The smallest absolute Gasteiger partial charge is 0.460 e. The summed E-state index contributed by atoms with van der Waals surface area (Å²) in [5, 5.41) is 8.57. The fourth-order valence-corrected chi connectivity index (χ4v) is 1.99. The van der Waals surface area contributed by atoms with Gasteiger partial charge in [-0.25, -0.2) is 0 Å². The molecule has 0 heterocycles. The van der Waals surface area contributed by atoms with Crippen molar-refractivity contribution in [2.45, 2.75) is 47.6 Å². The molecule has 0 amide bonds. The van der Waals surface area contributed by atoms with Crippen molar-refractivity contribution in [2.24, 2.45) is 0 Å². The van der Waals surface area contributed by atoms with Crippen molar-refractivity contribution < 1.29 is 79.7 Å². The Morgan fingerprint density at radius 3 is 1.00 bits per heavy atom. The molecule has 0 fully saturated rings. The first kappa shape index (κ1) is 27.7. The van der Waals surface area contributed by atoms with Crippen LogP contribution in [0.25, 0.3) is 0 Å². The van der Waals surface area contributed by atoms with E-state index < -0.39 is 69.8 Å². The third-order valence-corrected chi connectivity index (χ3v) is 3.92. The molecule has 0 saturated heterocycles. The normalized spacial score (nSPS) is 16.0. The molecule has 3 nitrogen and oxygen atoms in total. The van der Waals surface area contributed by atoms with E-state index in [1.807, 2.05) is 0 Å². The molecular weight excluding hydrogens is 515 g/mol. The summed E-state index contributed by atoms with van der Waals surface area (Å²) in [7, 11) is 0. The van der Waals surface area contributed by atoms with E-state index in [4.69, 9.17) is 5.11 Å². The highest BCUT2D eigenvalue weighted by atomic mass is 19.4. The van der Waals surface area contributed by atoms with Gasteiger partial charge in [0.05, 0.1) is 0 Å². The number of aromatic hydroxyl groups is 1. The molecule has 1 N–H and O–H groups in total. The monoisotopic (exact) mass is 516 g/mol. The molecule has 20 heteroatoms. The molecule has 1 aromatic carbocycles. The predicted molar refractivity (Wildman–Crippen MR) is 62.6 cm³/mol. The molecule has 0 atom stereocenters. The lowest BCUT2D eigenvalue weighted by Crippen LogP contribution is -2.74. The van der Waals surface area contributed by atoms with Crippen LogP contribution in [0.4, 0.5) is 74.6 Å². The number of hydrogen-bond donors (Lipinski definition) is 1. The first-order chi connectivity index (χ1) is 13.6. The van der Waals surface area contributed by atoms with Crippen LogP contribution in [0, 0.1) is 0 Å². The summed E-state index contributed by atoms with van der Waals surface area (Å²) >= 11 is 0. The van der Waals surface area contributed by atoms with Crippen LogP contribution < -0.4 is 10.9 Å². The molecule has 0 unspecified atom stereocenters. The van der Waals surface area contributed by atoms with E-state index in [0.29, 0.717) is 0 Å². The fraction of sp³-hybridized carbons (Fsp3) is 0.667. The molecule has 1 rings (SSSR count). The van der Waals surface area contributed by atoms with E-state index in [0.717, 1.165) is 0 Å². The van der Waals surface area contributed by atoms with Crippen LogP contribution in [0.5, 0.6) is 5.75 Å². The highest BCUT2D eigenvalue weighted by Gasteiger charge is 2.95. The van der Waals surface area contributed by atoms with E-state index in [-0.39, 0.29) is 0 Å². The average Bonchev–Trinajstić information content (AvgIpc) is 2.59. The van der Waals surface area contributed by atoms with Crippen LogP contribution >= 0.6 is 0 Å². The maximum Gasteiger partial charge on any atom is 0.460 e. The van der Waals surface area contributed by atoms with Gasteiger partial charge in [0.1, 0.15) is 5.56 Å². The Kier molecular flexibility index (Phi) is 5.73. The minimum atomic E-state index is -8.81. The molecule has 0 aromatic heterocycles. The first-order valence-electron chi connectivity index (χ1n) is 6.84.